The Morgan fingerprint density at radius 2 is 1.63 bits per heavy atom. The molecule has 5 nitrogen and oxygen atoms in total. The van der Waals surface area contributed by atoms with Gasteiger partial charge in [-0.2, -0.15) is 16.5 Å². The molecule has 3 aromatic rings. The maximum absolute atomic E-state index is 13.1. The summed E-state index contributed by atoms with van der Waals surface area (Å²) in [5.74, 6) is -0.564. The zero-order valence-corrected chi connectivity index (χ0v) is 18.3. The molecule has 0 saturated carbocycles. The van der Waals surface area contributed by atoms with E-state index in [0.717, 1.165) is 5.56 Å². The number of benzene rings is 3. The number of rotatable bonds is 9. The van der Waals surface area contributed by atoms with Crippen LogP contribution in [0.3, 0.4) is 0 Å². The van der Waals surface area contributed by atoms with Crippen LogP contribution in [0.15, 0.2) is 83.8 Å². The van der Waals surface area contributed by atoms with Gasteiger partial charge in [-0.1, -0.05) is 78.3 Å². The lowest BCUT2D eigenvalue weighted by molar-refractivity contribution is -0.138. The summed E-state index contributed by atoms with van der Waals surface area (Å²) >= 11 is 7.40. The van der Waals surface area contributed by atoms with Crippen LogP contribution < -0.4 is 4.72 Å². The van der Waals surface area contributed by atoms with Gasteiger partial charge in [0.1, 0.15) is 6.04 Å². The van der Waals surface area contributed by atoms with Crippen molar-refractivity contribution in [3.8, 4) is 11.1 Å². The molecule has 0 aromatic heterocycles. The number of carbonyl (C=O) groups is 1. The van der Waals surface area contributed by atoms with Gasteiger partial charge in [-0.25, -0.2) is 8.42 Å². The molecule has 0 fully saturated rings. The molecule has 0 bridgehead atoms. The maximum atomic E-state index is 13.1. The number of hydrogen-bond donors (Lipinski definition) is 2. The number of carboxylic acids is 1. The largest absolute Gasteiger partial charge is 0.480 e. The molecule has 0 amide bonds. The van der Waals surface area contributed by atoms with Crippen LogP contribution in [-0.2, 0) is 20.6 Å². The Hall–Kier alpha value is -2.32. The number of sulfonamides is 1. The smallest absolute Gasteiger partial charge is 0.322 e. The van der Waals surface area contributed by atoms with Crippen molar-refractivity contribution in [3.05, 3.63) is 89.4 Å². The van der Waals surface area contributed by atoms with Gasteiger partial charge in [-0.05, 0) is 23.3 Å². The number of aliphatic carboxylic acids is 1. The first-order chi connectivity index (χ1) is 14.4. The van der Waals surface area contributed by atoms with E-state index >= 15 is 0 Å². The summed E-state index contributed by atoms with van der Waals surface area (Å²) in [4.78, 5) is 11.7. The highest BCUT2D eigenvalue weighted by Gasteiger charge is 2.27. The third kappa shape index (κ3) is 5.86. The second-order valence-corrected chi connectivity index (χ2v) is 9.67. The van der Waals surface area contributed by atoms with Gasteiger partial charge < -0.3 is 5.11 Å². The molecule has 156 valence electrons. The van der Waals surface area contributed by atoms with Gasteiger partial charge in [-0.3, -0.25) is 4.79 Å². The molecule has 0 heterocycles. The highest BCUT2D eigenvalue weighted by atomic mass is 35.5. The van der Waals surface area contributed by atoms with Crippen molar-refractivity contribution in [2.24, 2.45) is 0 Å². The number of thioether (sulfide) groups is 1. The van der Waals surface area contributed by atoms with Crippen molar-refractivity contribution in [1.82, 2.24) is 4.72 Å². The van der Waals surface area contributed by atoms with Gasteiger partial charge in [0.05, 0.1) is 4.90 Å². The van der Waals surface area contributed by atoms with Crippen LogP contribution in [0.4, 0.5) is 0 Å². The number of carboxylic acid groups (broad SMARTS) is 1. The molecule has 30 heavy (non-hydrogen) atoms. The van der Waals surface area contributed by atoms with Crippen molar-refractivity contribution in [1.29, 1.82) is 0 Å². The van der Waals surface area contributed by atoms with Crippen LogP contribution in [-0.4, -0.2) is 31.3 Å². The van der Waals surface area contributed by atoms with Gasteiger partial charge in [0, 0.05) is 22.1 Å². The van der Waals surface area contributed by atoms with Crippen molar-refractivity contribution in [2.45, 2.75) is 16.7 Å². The Labute approximate surface area is 185 Å². The minimum absolute atomic E-state index is 0.0551. The Bertz CT molecular complexity index is 1110. The van der Waals surface area contributed by atoms with E-state index in [4.69, 9.17) is 11.6 Å². The number of nitrogens with one attached hydrogen (secondary N) is 1. The normalized spacial score (nSPS) is 12.4. The lowest BCUT2D eigenvalue weighted by atomic mass is 10.1. The first-order valence-corrected chi connectivity index (χ1v) is 12.1. The molecule has 3 aromatic carbocycles. The predicted octanol–water partition coefficient (Wildman–Crippen LogP) is 4.67. The lowest BCUT2D eigenvalue weighted by Gasteiger charge is -2.17. The van der Waals surface area contributed by atoms with Crippen molar-refractivity contribution in [3.63, 3.8) is 0 Å². The maximum Gasteiger partial charge on any atom is 0.322 e. The summed E-state index contributed by atoms with van der Waals surface area (Å²) in [7, 11) is -4.13. The minimum Gasteiger partial charge on any atom is -0.480 e. The molecular weight excluding hydrogens is 442 g/mol. The Morgan fingerprint density at radius 1 is 1.00 bits per heavy atom. The molecule has 0 aliphatic carbocycles. The summed E-state index contributed by atoms with van der Waals surface area (Å²) in [5, 5.41) is 9.81. The SMILES string of the molecule is O=C(O)C(CSCc1ccccc1)NS(=O)(=O)c1cc(Cl)ccc1-c1ccccc1. The monoisotopic (exact) mass is 461 g/mol. The average Bonchev–Trinajstić information content (AvgIpc) is 2.74. The van der Waals surface area contributed by atoms with E-state index in [0.29, 0.717) is 16.9 Å². The molecule has 0 aliphatic heterocycles. The van der Waals surface area contributed by atoms with Crippen LogP contribution in [0.5, 0.6) is 0 Å². The quantitative estimate of drug-likeness (QED) is 0.483. The fourth-order valence-corrected chi connectivity index (χ4v) is 5.64. The van der Waals surface area contributed by atoms with E-state index in [1.54, 1.807) is 36.4 Å². The van der Waals surface area contributed by atoms with Crippen LogP contribution in [0.2, 0.25) is 5.02 Å². The summed E-state index contributed by atoms with van der Waals surface area (Å²) < 4.78 is 28.5. The molecule has 0 saturated heterocycles. The summed E-state index contributed by atoms with van der Waals surface area (Å²) in [5.41, 5.74) is 2.18. The van der Waals surface area contributed by atoms with Crippen molar-refractivity contribution < 1.29 is 18.3 Å². The molecule has 0 spiro atoms. The second-order valence-electron chi connectivity index (χ2n) is 6.52. The van der Waals surface area contributed by atoms with Crippen LogP contribution in [0.25, 0.3) is 11.1 Å². The molecular formula is C22H20ClNO4S2. The van der Waals surface area contributed by atoms with Crippen LogP contribution >= 0.6 is 23.4 Å². The van der Waals surface area contributed by atoms with E-state index in [2.05, 4.69) is 4.72 Å². The highest BCUT2D eigenvalue weighted by molar-refractivity contribution is 7.98. The highest BCUT2D eigenvalue weighted by Crippen LogP contribution is 2.30. The topological polar surface area (TPSA) is 83.5 Å². The first kappa shape index (κ1) is 22.4. The summed E-state index contributed by atoms with van der Waals surface area (Å²) in [6, 6.07) is 21.9. The number of halogens is 1. The lowest BCUT2D eigenvalue weighted by Crippen LogP contribution is -2.42. The van der Waals surface area contributed by atoms with Gasteiger partial charge in [0.2, 0.25) is 10.0 Å². The van der Waals surface area contributed by atoms with Crippen LogP contribution in [0, 0.1) is 0 Å². The third-order valence-electron chi connectivity index (χ3n) is 4.31. The van der Waals surface area contributed by atoms with Crippen LogP contribution in [0.1, 0.15) is 5.56 Å². The van der Waals surface area contributed by atoms with Crippen molar-refractivity contribution >= 4 is 39.4 Å². The average molecular weight is 462 g/mol. The third-order valence-corrected chi connectivity index (χ3v) is 7.16. The van der Waals surface area contributed by atoms with E-state index in [-0.39, 0.29) is 15.7 Å². The molecule has 3 rings (SSSR count). The Kier molecular flexibility index (Phi) is 7.55. The number of hydrogen-bond acceptors (Lipinski definition) is 4. The minimum atomic E-state index is -4.13. The van der Waals surface area contributed by atoms with Crippen molar-refractivity contribution in [2.75, 3.05) is 5.75 Å². The van der Waals surface area contributed by atoms with E-state index in [1.807, 2.05) is 36.4 Å². The fourth-order valence-electron chi connectivity index (χ4n) is 2.85. The first-order valence-electron chi connectivity index (χ1n) is 9.08. The van der Waals surface area contributed by atoms with Gasteiger partial charge in [0.15, 0.2) is 0 Å². The molecule has 2 N–H and O–H groups in total. The molecule has 1 atom stereocenters. The zero-order chi connectivity index (χ0) is 21.6. The Morgan fingerprint density at radius 3 is 2.27 bits per heavy atom. The molecule has 0 radical (unpaired) electrons. The summed E-state index contributed by atoms with van der Waals surface area (Å²) in [6.45, 7) is 0. The Balaban J connectivity index is 1.81. The zero-order valence-electron chi connectivity index (χ0n) is 15.9. The van der Waals surface area contributed by atoms with E-state index in [1.165, 1.54) is 17.8 Å². The van der Waals surface area contributed by atoms with Gasteiger partial charge >= 0.3 is 5.97 Å². The molecule has 8 heteroatoms. The predicted molar refractivity (Wildman–Crippen MR) is 121 cm³/mol. The van der Waals surface area contributed by atoms with E-state index in [9.17, 15) is 18.3 Å². The van der Waals surface area contributed by atoms with Gasteiger partial charge in [-0.15, -0.1) is 0 Å². The fraction of sp³-hybridized carbons (Fsp3) is 0.136. The van der Waals surface area contributed by atoms with E-state index < -0.39 is 22.0 Å². The van der Waals surface area contributed by atoms with Gasteiger partial charge in [0.25, 0.3) is 0 Å². The molecule has 0 aliphatic rings. The summed E-state index contributed by atoms with van der Waals surface area (Å²) in [6.07, 6.45) is 0. The second kappa shape index (κ2) is 10.1. The molecule has 1 unspecified atom stereocenters. The standard InChI is InChI=1S/C22H20ClNO4S2/c23-18-11-12-19(17-9-5-2-6-10-17)21(13-18)30(27,28)24-20(22(25)26)15-29-14-16-7-3-1-4-8-16/h1-13,20,24H,14-15H2,(H,25,26).